The molecule has 1 N–H and O–H groups in total. The molecule has 0 spiro atoms. The van der Waals surface area contributed by atoms with Crippen molar-refractivity contribution in [3.8, 4) is 0 Å². The summed E-state index contributed by atoms with van der Waals surface area (Å²) < 4.78 is 5.64. The lowest BCUT2D eigenvalue weighted by Gasteiger charge is -2.27. The van der Waals surface area contributed by atoms with Crippen molar-refractivity contribution in [1.82, 2.24) is 10.2 Å². The van der Waals surface area contributed by atoms with Crippen LogP contribution in [0.15, 0.2) is 4.42 Å². The fourth-order valence-electron chi connectivity index (χ4n) is 2.17. The van der Waals surface area contributed by atoms with Gasteiger partial charge in [0.05, 0.1) is 0 Å². The van der Waals surface area contributed by atoms with Crippen LogP contribution in [0.1, 0.15) is 22.6 Å². The number of piperazine rings is 1. The number of nitrogens with one attached hydrogen (secondary N) is 1. The van der Waals surface area contributed by atoms with Gasteiger partial charge in [-0.05, 0) is 26.3 Å². The summed E-state index contributed by atoms with van der Waals surface area (Å²) >= 11 is 0. The van der Waals surface area contributed by atoms with Gasteiger partial charge < -0.3 is 9.73 Å². The molecule has 0 amide bonds. The molecule has 2 heterocycles. The molecule has 0 radical (unpaired) electrons. The van der Waals surface area contributed by atoms with Crippen LogP contribution >= 0.6 is 0 Å². The van der Waals surface area contributed by atoms with Crippen molar-refractivity contribution in [3.63, 3.8) is 0 Å². The number of hydrogen-bond acceptors (Lipinski definition) is 3. The molecule has 0 aromatic carbocycles. The Morgan fingerprint density at radius 3 is 2.33 bits per heavy atom. The number of aryl methyl sites for hydroxylation is 2. The van der Waals surface area contributed by atoms with Crippen molar-refractivity contribution in [2.24, 2.45) is 0 Å². The largest absolute Gasteiger partial charge is 0.466 e. The van der Waals surface area contributed by atoms with Gasteiger partial charge in [-0.2, -0.15) is 0 Å². The lowest BCUT2D eigenvalue weighted by atomic mass is 10.1. The van der Waals surface area contributed by atoms with E-state index in [0.29, 0.717) is 0 Å². The van der Waals surface area contributed by atoms with E-state index in [-0.39, 0.29) is 0 Å². The van der Waals surface area contributed by atoms with E-state index in [4.69, 9.17) is 4.42 Å². The first-order valence-corrected chi connectivity index (χ1v) is 5.67. The van der Waals surface area contributed by atoms with Gasteiger partial charge in [0.1, 0.15) is 11.5 Å². The quantitative estimate of drug-likeness (QED) is 0.800. The standard InChI is InChI=1S/C12H20N2O/c1-9-10(2)15-11(3)12(9)8-14-6-4-13-5-7-14/h13H,4-8H2,1-3H3. The molecule has 0 saturated carbocycles. The average molecular weight is 208 g/mol. The van der Waals surface area contributed by atoms with Gasteiger partial charge in [0.25, 0.3) is 0 Å². The third-order valence-electron chi connectivity index (χ3n) is 3.30. The van der Waals surface area contributed by atoms with Gasteiger partial charge >= 0.3 is 0 Å². The highest BCUT2D eigenvalue weighted by Crippen LogP contribution is 2.22. The summed E-state index contributed by atoms with van der Waals surface area (Å²) in [4.78, 5) is 2.49. The van der Waals surface area contributed by atoms with Crippen LogP contribution in [0.25, 0.3) is 0 Å². The molecule has 1 fully saturated rings. The smallest absolute Gasteiger partial charge is 0.105 e. The van der Waals surface area contributed by atoms with Gasteiger partial charge in [0.15, 0.2) is 0 Å². The van der Waals surface area contributed by atoms with Crippen LogP contribution < -0.4 is 5.32 Å². The molecular formula is C12H20N2O. The van der Waals surface area contributed by atoms with E-state index < -0.39 is 0 Å². The van der Waals surface area contributed by atoms with Crippen molar-refractivity contribution in [3.05, 3.63) is 22.6 Å². The first-order chi connectivity index (χ1) is 7.18. The number of rotatable bonds is 2. The van der Waals surface area contributed by atoms with Gasteiger partial charge in [-0.25, -0.2) is 0 Å². The first kappa shape index (κ1) is 10.7. The van der Waals surface area contributed by atoms with E-state index in [2.05, 4.69) is 24.1 Å². The molecule has 3 nitrogen and oxygen atoms in total. The summed E-state index contributed by atoms with van der Waals surface area (Å²) in [6, 6.07) is 0. The molecule has 1 aromatic heterocycles. The zero-order valence-electron chi connectivity index (χ0n) is 9.89. The number of nitrogens with zero attached hydrogens (tertiary/aromatic N) is 1. The maximum atomic E-state index is 5.64. The van der Waals surface area contributed by atoms with Crippen molar-refractivity contribution >= 4 is 0 Å². The van der Waals surface area contributed by atoms with Crippen molar-refractivity contribution in [2.75, 3.05) is 26.2 Å². The van der Waals surface area contributed by atoms with E-state index >= 15 is 0 Å². The average Bonchev–Trinajstić information content (AvgIpc) is 2.47. The predicted molar refractivity (Wildman–Crippen MR) is 61.1 cm³/mol. The Bertz CT molecular complexity index is 338. The van der Waals surface area contributed by atoms with Gasteiger partial charge in [-0.3, -0.25) is 4.90 Å². The Balaban J connectivity index is 2.09. The molecule has 0 unspecified atom stereocenters. The molecule has 1 aliphatic heterocycles. The monoisotopic (exact) mass is 208 g/mol. The fraction of sp³-hybridized carbons (Fsp3) is 0.667. The molecule has 0 aliphatic carbocycles. The molecule has 0 atom stereocenters. The molecule has 3 heteroatoms. The Kier molecular flexibility index (Phi) is 3.12. The third-order valence-corrected chi connectivity index (χ3v) is 3.30. The maximum absolute atomic E-state index is 5.64. The Morgan fingerprint density at radius 2 is 1.80 bits per heavy atom. The first-order valence-electron chi connectivity index (χ1n) is 5.67. The Hall–Kier alpha value is -0.800. The van der Waals surface area contributed by atoms with Crippen LogP contribution in [0.2, 0.25) is 0 Å². The summed E-state index contributed by atoms with van der Waals surface area (Å²) in [5, 5.41) is 3.37. The minimum atomic E-state index is 1.04. The molecule has 1 aliphatic rings. The number of hydrogen-bond donors (Lipinski definition) is 1. The molecule has 1 aromatic rings. The summed E-state index contributed by atoms with van der Waals surface area (Å²) in [6.45, 7) is 11.8. The highest BCUT2D eigenvalue weighted by atomic mass is 16.3. The van der Waals surface area contributed by atoms with Gasteiger partial charge in [0.2, 0.25) is 0 Å². The summed E-state index contributed by atoms with van der Waals surface area (Å²) in [5.41, 5.74) is 2.71. The molecule has 0 bridgehead atoms. The second-order valence-electron chi connectivity index (χ2n) is 4.34. The van der Waals surface area contributed by atoms with Crippen LogP contribution in [0, 0.1) is 20.8 Å². The second kappa shape index (κ2) is 4.37. The van der Waals surface area contributed by atoms with Crippen molar-refractivity contribution < 1.29 is 4.42 Å². The van der Waals surface area contributed by atoms with E-state index in [9.17, 15) is 0 Å². The zero-order valence-corrected chi connectivity index (χ0v) is 9.89. The molecule has 15 heavy (non-hydrogen) atoms. The minimum Gasteiger partial charge on any atom is -0.466 e. The lowest BCUT2D eigenvalue weighted by molar-refractivity contribution is 0.231. The van der Waals surface area contributed by atoms with E-state index in [0.717, 1.165) is 44.2 Å². The van der Waals surface area contributed by atoms with Crippen molar-refractivity contribution in [2.45, 2.75) is 27.3 Å². The summed E-state index contributed by atoms with van der Waals surface area (Å²) in [7, 11) is 0. The van der Waals surface area contributed by atoms with Crippen LogP contribution in [-0.4, -0.2) is 31.1 Å². The Labute approximate surface area is 91.4 Å². The van der Waals surface area contributed by atoms with Crippen molar-refractivity contribution in [1.29, 1.82) is 0 Å². The minimum absolute atomic E-state index is 1.04. The zero-order chi connectivity index (χ0) is 10.8. The molecule has 84 valence electrons. The van der Waals surface area contributed by atoms with Gasteiger partial charge in [-0.1, -0.05) is 0 Å². The van der Waals surface area contributed by atoms with E-state index in [1.807, 2.05) is 6.92 Å². The van der Waals surface area contributed by atoms with Crippen LogP contribution in [0.5, 0.6) is 0 Å². The van der Waals surface area contributed by atoms with Crippen LogP contribution in [-0.2, 0) is 6.54 Å². The Morgan fingerprint density at radius 1 is 1.13 bits per heavy atom. The third kappa shape index (κ3) is 2.24. The fourth-order valence-corrected chi connectivity index (χ4v) is 2.17. The lowest BCUT2D eigenvalue weighted by Crippen LogP contribution is -2.43. The van der Waals surface area contributed by atoms with Crippen LogP contribution in [0.4, 0.5) is 0 Å². The maximum Gasteiger partial charge on any atom is 0.105 e. The summed E-state index contributed by atoms with van der Waals surface area (Å²) in [5.74, 6) is 2.15. The van der Waals surface area contributed by atoms with E-state index in [1.54, 1.807) is 0 Å². The molecule has 1 saturated heterocycles. The predicted octanol–water partition coefficient (Wildman–Crippen LogP) is 1.61. The van der Waals surface area contributed by atoms with Gasteiger partial charge in [-0.15, -0.1) is 0 Å². The topological polar surface area (TPSA) is 28.4 Å². The number of furan rings is 1. The SMILES string of the molecule is Cc1oc(C)c(CN2CCNCC2)c1C. The second-order valence-corrected chi connectivity index (χ2v) is 4.34. The molecular weight excluding hydrogens is 188 g/mol. The molecule has 2 rings (SSSR count). The van der Waals surface area contributed by atoms with Crippen LogP contribution in [0.3, 0.4) is 0 Å². The normalized spacial score (nSPS) is 18.3. The summed E-state index contributed by atoms with van der Waals surface area (Å²) in [6.07, 6.45) is 0. The van der Waals surface area contributed by atoms with E-state index in [1.165, 1.54) is 11.1 Å². The highest BCUT2D eigenvalue weighted by Gasteiger charge is 2.16. The van der Waals surface area contributed by atoms with Gasteiger partial charge in [0, 0.05) is 38.3 Å². The highest BCUT2D eigenvalue weighted by molar-refractivity contribution is 5.31.